The zero-order chi connectivity index (χ0) is 17.3. The number of nitrogens with zero attached hydrogens (tertiary/aromatic N) is 1. The van der Waals surface area contributed by atoms with Gasteiger partial charge in [0.15, 0.2) is 0 Å². The van der Waals surface area contributed by atoms with Crippen LogP contribution in [0.2, 0.25) is 0 Å². The van der Waals surface area contributed by atoms with Crippen LogP contribution in [0.5, 0.6) is 0 Å². The number of carbonyl (C=O) groups is 1. The van der Waals surface area contributed by atoms with Crippen molar-refractivity contribution in [3.63, 3.8) is 0 Å². The van der Waals surface area contributed by atoms with Gasteiger partial charge in [-0.25, -0.2) is 13.6 Å². The molecule has 5 nitrogen and oxygen atoms in total. The smallest absolute Gasteiger partial charge is 0.376 e. The average Bonchev–Trinajstić information content (AvgIpc) is 2.92. The molecule has 8 heteroatoms. The largest absolute Gasteiger partial charge is 0.460 e. The summed E-state index contributed by atoms with van der Waals surface area (Å²) in [6.45, 7) is 1.78. The average molecular weight is 328 g/mol. The number of rotatable bonds is 4. The van der Waals surface area contributed by atoms with Crippen molar-refractivity contribution in [3.8, 4) is 0 Å². The minimum atomic E-state index is -0.789. The Kier molecular flexibility index (Phi) is 4.20. The quantitative estimate of drug-likeness (QED) is 0.589. The van der Waals surface area contributed by atoms with Gasteiger partial charge in [-0.3, -0.25) is 4.98 Å². The van der Waals surface area contributed by atoms with Crippen molar-refractivity contribution in [1.82, 2.24) is 4.98 Å². The fourth-order valence-electron chi connectivity index (χ4n) is 2.20. The van der Waals surface area contributed by atoms with Crippen LogP contribution in [0.15, 0.2) is 35.0 Å². The van der Waals surface area contributed by atoms with Crippen molar-refractivity contribution < 1.29 is 22.7 Å². The van der Waals surface area contributed by atoms with E-state index < -0.39 is 17.6 Å². The van der Waals surface area contributed by atoms with Crippen LogP contribution in [0.4, 0.5) is 20.2 Å². The van der Waals surface area contributed by atoms with Crippen molar-refractivity contribution >= 4 is 41.6 Å². The van der Waals surface area contributed by atoms with Gasteiger partial charge < -0.3 is 14.5 Å². The normalized spacial score (nSPS) is 10.8. The monoisotopic (exact) mass is 328 g/mol. The number of hydrogen-bond donors (Lipinski definition) is 1. The molecule has 2 heterocycles. The Morgan fingerprint density at radius 1 is 1.38 bits per heavy atom. The molecule has 2 radical (unpaired) electrons. The number of ether oxygens (including phenoxy) is 1. The predicted octanol–water partition coefficient (Wildman–Crippen LogP) is 2.82. The number of esters is 1. The molecule has 3 rings (SSSR count). The molecule has 1 aromatic carbocycles. The molecule has 3 aromatic rings. The van der Waals surface area contributed by atoms with E-state index in [0.29, 0.717) is 11.0 Å². The third-order valence-corrected chi connectivity index (χ3v) is 3.30. The fraction of sp³-hybridized carbons (Fsp3) is 0.125. The first-order chi connectivity index (χ1) is 11.5. The van der Waals surface area contributed by atoms with Crippen LogP contribution in [0.3, 0.4) is 0 Å². The highest BCUT2D eigenvalue weighted by Crippen LogP contribution is 2.33. The summed E-state index contributed by atoms with van der Waals surface area (Å²) in [7, 11) is 5.33. The second-order valence-electron chi connectivity index (χ2n) is 4.88. The number of aromatic nitrogens is 1. The van der Waals surface area contributed by atoms with E-state index >= 15 is 0 Å². The summed E-state index contributed by atoms with van der Waals surface area (Å²) in [4.78, 5) is 16.0. The molecular weight excluding hydrogens is 317 g/mol. The Morgan fingerprint density at radius 2 is 2.17 bits per heavy atom. The van der Waals surface area contributed by atoms with Crippen LogP contribution in [0, 0.1) is 11.6 Å². The van der Waals surface area contributed by atoms with Crippen LogP contribution < -0.4 is 10.8 Å². The van der Waals surface area contributed by atoms with Crippen LogP contribution in [0.25, 0.3) is 11.0 Å². The van der Waals surface area contributed by atoms with Crippen LogP contribution >= 0.6 is 0 Å². The summed E-state index contributed by atoms with van der Waals surface area (Å²) in [5.41, 5.74) is -0.0207. The lowest BCUT2D eigenvalue weighted by molar-refractivity contribution is 0.0494. The molecule has 0 spiro atoms. The van der Waals surface area contributed by atoms with Crippen molar-refractivity contribution in [2.45, 2.75) is 6.92 Å². The predicted molar refractivity (Wildman–Crippen MR) is 85.0 cm³/mol. The summed E-state index contributed by atoms with van der Waals surface area (Å²) < 4.78 is 38.0. The minimum Gasteiger partial charge on any atom is -0.460 e. The van der Waals surface area contributed by atoms with E-state index in [2.05, 4.69) is 10.3 Å². The third-order valence-electron chi connectivity index (χ3n) is 3.30. The Hall–Kier alpha value is -2.90. The highest BCUT2D eigenvalue weighted by molar-refractivity contribution is 6.32. The Balaban J connectivity index is 2.12. The highest BCUT2D eigenvalue weighted by atomic mass is 19.1. The second-order valence-corrected chi connectivity index (χ2v) is 4.88. The molecule has 0 aliphatic heterocycles. The van der Waals surface area contributed by atoms with Crippen LogP contribution in [0.1, 0.15) is 17.5 Å². The number of halogens is 2. The topological polar surface area (TPSA) is 64.4 Å². The Morgan fingerprint density at radius 3 is 2.92 bits per heavy atom. The summed E-state index contributed by atoms with van der Waals surface area (Å²) in [6, 6.07) is 3.29. The number of fused-ring (bicyclic) bond motifs is 1. The van der Waals surface area contributed by atoms with E-state index in [0.717, 1.165) is 12.1 Å². The van der Waals surface area contributed by atoms with Crippen LogP contribution in [-0.2, 0) is 4.74 Å². The van der Waals surface area contributed by atoms with Gasteiger partial charge in [-0.2, -0.15) is 0 Å². The van der Waals surface area contributed by atoms with Crippen molar-refractivity contribution in [1.29, 1.82) is 0 Å². The van der Waals surface area contributed by atoms with Gasteiger partial charge in [0.2, 0.25) is 5.76 Å². The lowest BCUT2D eigenvalue weighted by atomic mass is 9.95. The molecule has 120 valence electrons. The second kappa shape index (κ2) is 6.31. The first-order valence-electron chi connectivity index (χ1n) is 7.06. The summed E-state index contributed by atoms with van der Waals surface area (Å²) in [6.07, 6.45) is 2.92. The highest BCUT2D eigenvalue weighted by Gasteiger charge is 2.23. The molecule has 0 unspecified atom stereocenters. The number of pyridine rings is 1. The van der Waals surface area contributed by atoms with Gasteiger partial charge >= 0.3 is 5.97 Å². The van der Waals surface area contributed by atoms with Crippen molar-refractivity contribution in [2.75, 3.05) is 11.9 Å². The lowest BCUT2D eigenvalue weighted by Gasteiger charge is -2.09. The van der Waals surface area contributed by atoms with Gasteiger partial charge in [0.1, 0.15) is 30.8 Å². The van der Waals surface area contributed by atoms with E-state index in [4.69, 9.17) is 17.0 Å². The van der Waals surface area contributed by atoms with Crippen LogP contribution in [-0.4, -0.2) is 25.4 Å². The molecule has 1 N–H and O–H groups in total. The van der Waals surface area contributed by atoms with E-state index in [1.54, 1.807) is 13.0 Å². The molecule has 2 aromatic heterocycles. The van der Waals surface area contributed by atoms with E-state index in [1.165, 1.54) is 12.4 Å². The number of benzene rings is 1. The maximum Gasteiger partial charge on any atom is 0.376 e. The van der Waals surface area contributed by atoms with Gasteiger partial charge in [-0.15, -0.1) is 0 Å². The third kappa shape index (κ3) is 2.82. The summed E-state index contributed by atoms with van der Waals surface area (Å²) >= 11 is 0. The lowest BCUT2D eigenvalue weighted by Crippen LogP contribution is -2.11. The summed E-state index contributed by atoms with van der Waals surface area (Å²) in [5.74, 6) is -2.45. The molecule has 0 aliphatic carbocycles. The number of anilines is 2. The molecule has 0 fully saturated rings. The van der Waals surface area contributed by atoms with Crippen molar-refractivity contribution in [2.24, 2.45) is 0 Å². The SMILES string of the molecule is [B]c1cc(F)c(Nc2c(C(=O)OCC)oc3ccncc23)cc1F. The van der Waals surface area contributed by atoms with Gasteiger partial charge in [0.25, 0.3) is 0 Å². The summed E-state index contributed by atoms with van der Waals surface area (Å²) in [5, 5.41) is 3.09. The molecule has 0 saturated heterocycles. The first-order valence-corrected chi connectivity index (χ1v) is 7.06. The van der Waals surface area contributed by atoms with Gasteiger partial charge in [0.05, 0.1) is 17.7 Å². The standard InChI is InChI=1S/C16H11BF2N2O3/c1-2-23-16(22)15-14(8-7-20-4-3-13(8)24-15)21-12-6-10(18)9(17)5-11(12)19/h3-7,21H,2H2,1H3. The zero-order valence-electron chi connectivity index (χ0n) is 12.6. The van der Waals surface area contributed by atoms with Gasteiger partial charge in [0, 0.05) is 12.4 Å². The molecular formula is C16H11BF2N2O3. The number of nitrogens with one attached hydrogen (secondary N) is 1. The van der Waals surface area contributed by atoms with E-state index in [1.807, 2.05) is 0 Å². The van der Waals surface area contributed by atoms with E-state index in [9.17, 15) is 13.6 Å². The maximum absolute atomic E-state index is 14.0. The van der Waals surface area contributed by atoms with Gasteiger partial charge in [-0.1, -0.05) is 5.46 Å². The Labute approximate surface area is 137 Å². The first kappa shape index (κ1) is 16.0. The van der Waals surface area contributed by atoms with E-state index in [-0.39, 0.29) is 29.2 Å². The van der Waals surface area contributed by atoms with Crippen molar-refractivity contribution in [3.05, 3.63) is 48.0 Å². The molecule has 0 saturated carbocycles. The molecule has 24 heavy (non-hydrogen) atoms. The maximum atomic E-state index is 14.0. The Bertz CT molecular complexity index is 927. The van der Waals surface area contributed by atoms with Gasteiger partial charge in [-0.05, 0) is 25.1 Å². The number of carbonyl (C=O) groups excluding carboxylic acids is 1. The zero-order valence-corrected chi connectivity index (χ0v) is 12.6. The number of hydrogen-bond acceptors (Lipinski definition) is 5. The molecule has 0 bridgehead atoms. The fourth-order valence-corrected chi connectivity index (χ4v) is 2.20. The molecule has 0 aliphatic rings. The molecule has 0 amide bonds. The molecule has 0 atom stereocenters. The minimum absolute atomic E-state index is 0.137. The number of furan rings is 1.